The quantitative estimate of drug-likeness (QED) is 0.633. The lowest BCUT2D eigenvalue weighted by Gasteiger charge is -2.15. The third kappa shape index (κ3) is 5.13. The third-order valence-corrected chi connectivity index (χ3v) is 8.15. The minimum absolute atomic E-state index is 0.00692. The number of sulfonamides is 2. The molecule has 158 valence electrons. The molecule has 7 nitrogen and oxygen atoms in total. The molecule has 0 aliphatic carbocycles. The van der Waals surface area contributed by atoms with Crippen molar-refractivity contribution in [2.75, 3.05) is 26.2 Å². The van der Waals surface area contributed by atoms with Crippen LogP contribution < -0.4 is 9.46 Å². The van der Waals surface area contributed by atoms with Gasteiger partial charge in [-0.25, -0.2) is 25.9 Å². The first-order valence-corrected chi connectivity index (χ1v) is 12.1. The van der Waals surface area contributed by atoms with Crippen molar-refractivity contribution in [3.05, 3.63) is 53.8 Å². The van der Waals surface area contributed by atoms with Crippen molar-refractivity contribution in [2.45, 2.75) is 29.6 Å². The molecule has 0 atom stereocenters. The van der Waals surface area contributed by atoms with Gasteiger partial charge in [0.25, 0.3) is 0 Å². The SMILES string of the molecule is Cc1cc(F)ccc1S(=O)(=O)NCCOc1ccc(S(=O)(=O)N2CCCC2)cc1. The molecule has 1 aliphatic rings. The van der Waals surface area contributed by atoms with Crippen molar-refractivity contribution >= 4 is 20.0 Å². The second-order valence-corrected chi connectivity index (χ2v) is 10.4. The minimum atomic E-state index is -3.78. The van der Waals surface area contributed by atoms with Crippen LogP contribution in [0, 0.1) is 12.7 Å². The number of ether oxygens (including phenoxy) is 1. The lowest BCUT2D eigenvalue weighted by molar-refractivity contribution is 0.322. The summed E-state index contributed by atoms with van der Waals surface area (Å²) in [4.78, 5) is 0.217. The summed E-state index contributed by atoms with van der Waals surface area (Å²) < 4.78 is 72.1. The molecule has 1 N–H and O–H groups in total. The fourth-order valence-electron chi connectivity index (χ4n) is 3.12. The molecule has 0 spiro atoms. The smallest absolute Gasteiger partial charge is 0.243 e. The summed E-state index contributed by atoms with van der Waals surface area (Å²) in [7, 11) is -7.26. The van der Waals surface area contributed by atoms with Crippen molar-refractivity contribution in [3.63, 3.8) is 0 Å². The topological polar surface area (TPSA) is 92.8 Å². The highest BCUT2D eigenvalue weighted by Gasteiger charge is 2.27. The van der Waals surface area contributed by atoms with Gasteiger partial charge in [0.1, 0.15) is 18.2 Å². The van der Waals surface area contributed by atoms with E-state index in [1.807, 2.05) is 0 Å². The first kappa shape index (κ1) is 21.7. The molecule has 1 heterocycles. The highest BCUT2D eigenvalue weighted by Crippen LogP contribution is 2.23. The van der Waals surface area contributed by atoms with Crippen LogP contribution in [0.2, 0.25) is 0 Å². The summed E-state index contributed by atoms with van der Waals surface area (Å²) in [6.45, 7) is 2.65. The number of rotatable bonds is 8. The molecule has 29 heavy (non-hydrogen) atoms. The van der Waals surface area contributed by atoms with Gasteiger partial charge in [-0.3, -0.25) is 0 Å². The molecule has 1 fully saturated rings. The summed E-state index contributed by atoms with van der Waals surface area (Å²) in [5, 5.41) is 0. The normalized spacial score (nSPS) is 15.5. The highest BCUT2D eigenvalue weighted by molar-refractivity contribution is 7.89. The van der Waals surface area contributed by atoms with Crippen LogP contribution >= 0.6 is 0 Å². The number of hydrogen-bond donors (Lipinski definition) is 1. The molecule has 1 aliphatic heterocycles. The third-order valence-electron chi connectivity index (χ3n) is 4.62. The van der Waals surface area contributed by atoms with Gasteiger partial charge in [0, 0.05) is 19.6 Å². The van der Waals surface area contributed by atoms with Crippen LogP contribution in [0.4, 0.5) is 4.39 Å². The Hall–Kier alpha value is -2.01. The second kappa shape index (κ2) is 8.78. The number of aryl methyl sites for hydroxylation is 1. The summed E-state index contributed by atoms with van der Waals surface area (Å²) in [5.41, 5.74) is 0.313. The van der Waals surface area contributed by atoms with E-state index in [0.717, 1.165) is 25.0 Å². The zero-order chi connectivity index (χ0) is 21.1. The first-order chi connectivity index (χ1) is 13.7. The van der Waals surface area contributed by atoms with Crippen LogP contribution in [-0.4, -0.2) is 47.4 Å². The average molecular weight is 443 g/mol. The number of hydrogen-bond acceptors (Lipinski definition) is 5. The van der Waals surface area contributed by atoms with E-state index in [-0.39, 0.29) is 22.9 Å². The fourth-order valence-corrected chi connectivity index (χ4v) is 5.88. The number of benzene rings is 2. The maximum atomic E-state index is 13.1. The number of nitrogens with zero attached hydrogens (tertiary/aromatic N) is 1. The van der Waals surface area contributed by atoms with Crippen molar-refractivity contribution < 1.29 is 26.0 Å². The summed E-state index contributed by atoms with van der Waals surface area (Å²) in [5.74, 6) is -0.0671. The second-order valence-electron chi connectivity index (χ2n) is 6.74. The van der Waals surface area contributed by atoms with Crippen LogP contribution in [0.1, 0.15) is 18.4 Å². The van der Waals surface area contributed by atoms with Crippen LogP contribution in [0.15, 0.2) is 52.3 Å². The lowest BCUT2D eigenvalue weighted by Crippen LogP contribution is -2.29. The predicted octanol–water partition coefficient (Wildman–Crippen LogP) is 2.28. The van der Waals surface area contributed by atoms with Crippen molar-refractivity contribution in [1.29, 1.82) is 0 Å². The lowest BCUT2D eigenvalue weighted by atomic mass is 10.2. The molecule has 10 heteroatoms. The Morgan fingerprint density at radius 2 is 1.69 bits per heavy atom. The average Bonchev–Trinajstić information content (AvgIpc) is 3.21. The molecule has 0 saturated carbocycles. The largest absolute Gasteiger partial charge is 0.492 e. The van der Waals surface area contributed by atoms with Gasteiger partial charge in [0.2, 0.25) is 20.0 Å². The van der Waals surface area contributed by atoms with Crippen LogP contribution in [-0.2, 0) is 20.0 Å². The standard InChI is InChI=1S/C19H23FN2O5S2/c1-15-14-16(20)4-9-19(15)28(23,24)21-10-13-27-17-5-7-18(8-6-17)29(25,26)22-11-2-3-12-22/h4-9,14,21H,2-3,10-13H2,1H3. The van der Waals surface area contributed by atoms with Gasteiger partial charge in [0.15, 0.2) is 0 Å². The van der Waals surface area contributed by atoms with Crippen LogP contribution in [0.25, 0.3) is 0 Å². The van der Waals surface area contributed by atoms with Gasteiger partial charge in [-0.2, -0.15) is 4.31 Å². The molecular formula is C19H23FN2O5S2. The van der Waals surface area contributed by atoms with E-state index in [1.165, 1.54) is 29.4 Å². The Morgan fingerprint density at radius 3 is 2.31 bits per heavy atom. The Labute approximate surface area is 170 Å². The molecule has 2 aromatic rings. The molecule has 1 saturated heterocycles. The molecule has 0 amide bonds. The van der Waals surface area contributed by atoms with E-state index < -0.39 is 25.9 Å². The zero-order valence-electron chi connectivity index (χ0n) is 16.0. The van der Waals surface area contributed by atoms with Gasteiger partial charge in [0.05, 0.1) is 9.79 Å². The monoisotopic (exact) mass is 442 g/mol. The van der Waals surface area contributed by atoms with E-state index in [4.69, 9.17) is 4.74 Å². The van der Waals surface area contributed by atoms with E-state index in [2.05, 4.69) is 4.72 Å². The maximum Gasteiger partial charge on any atom is 0.243 e. The molecular weight excluding hydrogens is 419 g/mol. The van der Waals surface area contributed by atoms with Crippen molar-refractivity contribution in [2.24, 2.45) is 0 Å². The van der Waals surface area contributed by atoms with E-state index in [0.29, 0.717) is 24.4 Å². The highest BCUT2D eigenvalue weighted by atomic mass is 32.2. The van der Waals surface area contributed by atoms with Crippen LogP contribution in [0.5, 0.6) is 5.75 Å². The van der Waals surface area contributed by atoms with Crippen molar-refractivity contribution in [3.8, 4) is 5.75 Å². The van der Waals surface area contributed by atoms with Gasteiger partial charge >= 0.3 is 0 Å². The minimum Gasteiger partial charge on any atom is -0.492 e. The zero-order valence-corrected chi connectivity index (χ0v) is 17.6. The Morgan fingerprint density at radius 1 is 1.03 bits per heavy atom. The molecule has 0 aromatic heterocycles. The van der Waals surface area contributed by atoms with Crippen LogP contribution in [0.3, 0.4) is 0 Å². The van der Waals surface area contributed by atoms with E-state index in [1.54, 1.807) is 12.1 Å². The maximum absolute atomic E-state index is 13.1. The fraction of sp³-hybridized carbons (Fsp3) is 0.368. The van der Waals surface area contributed by atoms with Gasteiger partial charge in [-0.05, 0) is 67.8 Å². The molecule has 0 unspecified atom stereocenters. The Bertz CT molecular complexity index is 1060. The number of nitrogens with one attached hydrogen (secondary N) is 1. The molecule has 0 bridgehead atoms. The van der Waals surface area contributed by atoms with Gasteiger partial charge < -0.3 is 4.74 Å². The number of halogens is 1. The molecule has 2 aromatic carbocycles. The summed E-state index contributed by atoms with van der Waals surface area (Å²) >= 11 is 0. The Kier molecular flexibility index (Phi) is 6.57. The summed E-state index contributed by atoms with van der Waals surface area (Å²) in [6, 6.07) is 9.51. The van der Waals surface area contributed by atoms with Gasteiger partial charge in [-0.15, -0.1) is 0 Å². The van der Waals surface area contributed by atoms with E-state index >= 15 is 0 Å². The predicted molar refractivity (Wildman–Crippen MR) is 106 cm³/mol. The Balaban J connectivity index is 1.54. The summed E-state index contributed by atoms with van der Waals surface area (Å²) in [6.07, 6.45) is 1.74. The molecule has 0 radical (unpaired) electrons. The van der Waals surface area contributed by atoms with E-state index in [9.17, 15) is 21.2 Å². The van der Waals surface area contributed by atoms with Crippen molar-refractivity contribution in [1.82, 2.24) is 9.03 Å². The van der Waals surface area contributed by atoms with Gasteiger partial charge in [-0.1, -0.05) is 0 Å². The first-order valence-electron chi connectivity index (χ1n) is 9.19. The molecule has 3 rings (SSSR count).